The van der Waals surface area contributed by atoms with E-state index in [1.807, 2.05) is 19.2 Å². The van der Waals surface area contributed by atoms with Gasteiger partial charge in [0, 0.05) is 23.3 Å². The van der Waals surface area contributed by atoms with E-state index in [1.54, 1.807) is 0 Å². The summed E-state index contributed by atoms with van der Waals surface area (Å²) in [6.45, 7) is 2.68. The molecule has 1 unspecified atom stereocenters. The van der Waals surface area contributed by atoms with Gasteiger partial charge in [-0.25, -0.2) is 8.42 Å². The van der Waals surface area contributed by atoms with E-state index in [0.717, 1.165) is 10.9 Å². The van der Waals surface area contributed by atoms with Crippen LogP contribution >= 0.6 is 15.9 Å². The Labute approximate surface area is 118 Å². The summed E-state index contributed by atoms with van der Waals surface area (Å²) in [5, 5.41) is 0. The third kappa shape index (κ3) is 5.08. The fraction of sp³-hybridized carbons (Fsp3) is 0.538. The van der Waals surface area contributed by atoms with Crippen molar-refractivity contribution >= 4 is 25.8 Å². The van der Waals surface area contributed by atoms with Gasteiger partial charge < -0.3 is 0 Å². The number of hydrogen-bond donors (Lipinski definition) is 0. The van der Waals surface area contributed by atoms with Gasteiger partial charge in [-0.15, -0.1) is 0 Å². The highest BCUT2D eigenvalue weighted by molar-refractivity contribution is 9.10. The summed E-state index contributed by atoms with van der Waals surface area (Å²) >= 11 is 3.42. The second-order valence-electron chi connectivity index (χ2n) is 4.59. The molecule has 0 bridgehead atoms. The van der Waals surface area contributed by atoms with E-state index in [-0.39, 0.29) is 11.8 Å². The van der Waals surface area contributed by atoms with E-state index in [1.165, 1.54) is 11.8 Å². The first kappa shape index (κ1) is 15.7. The highest BCUT2D eigenvalue weighted by Gasteiger charge is 2.16. The van der Waals surface area contributed by atoms with Crippen molar-refractivity contribution in [3.63, 3.8) is 0 Å². The summed E-state index contributed by atoms with van der Waals surface area (Å²) in [5.41, 5.74) is 1.22. The van der Waals surface area contributed by atoms with Crippen molar-refractivity contribution in [2.75, 3.05) is 25.6 Å². The van der Waals surface area contributed by atoms with Crippen LogP contribution in [0, 0.1) is 0 Å². The van der Waals surface area contributed by atoms with Crippen LogP contribution in [0.25, 0.3) is 0 Å². The fourth-order valence-corrected chi connectivity index (χ4v) is 2.84. The predicted octanol–water partition coefficient (Wildman–Crippen LogP) is 2.88. The molecule has 0 aromatic heterocycles. The lowest BCUT2D eigenvalue weighted by Gasteiger charge is -2.27. The van der Waals surface area contributed by atoms with E-state index >= 15 is 0 Å². The third-order valence-electron chi connectivity index (χ3n) is 2.99. The van der Waals surface area contributed by atoms with Gasteiger partial charge in [-0.1, -0.05) is 35.0 Å². The maximum atomic E-state index is 11.2. The number of sulfone groups is 1. The van der Waals surface area contributed by atoms with Crippen LogP contribution < -0.4 is 0 Å². The normalized spacial score (nSPS) is 13.8. The Kier molecular flexibility index (Phi) is 5.82. The zero-order chi connectivity index (χ0) is 13.8. The van der Waals surface area contributed by atoms with Gasteiger partial charge >= 0.3 is 0 Å². The molecular formula is C13H20BrNO2S. The van der Waals surface area contributed by atoms with Crippen LogP contribution in [0.2, 0.25) is 0 Å². The van der Waals surface area contributed by atoms with Crippen molar-refractivity contribution in [1.82, 2.24) is 4.90 Å². The van der Waals surface area contributed by atoms with Crippen LogP contribution in [-0.4, -0.2) is 38.9 Å². The summed E-state index contributed by atoms with van der Waals surface area (Å²) in [7, 11) is -0.925. The van der Waals surface area contributed by atoms with Crippen LogP contribution in [0.3, 0.4) is 0 Å². The van der Waals surface area contributed by atoms with Gasteiger partial charge in [-0.2, -0.15) is 0 Å². The molecule has 1 aromatic rings. The lowest BCUT2D eigenvalue weighted by Crippen LogP contribution is -2.29. The molecule has 102 valence electrons. The lowest BCUT2D eigenvalue weighted by molar-refractivity contribution is 0.252. The highest BCUT2D eigenvalue weighted by atomic mass is 79.9. The van der Waals surface area contributed by atoms with E-state index in [4.69, 9.17) is 0 Å². The maximum absolute atomic E-state index is 11.2. The van der Waals surface area contributed by atoms with Crippen LogP contribution in [0.15, 0.2) is 28.7 Å². The van der Waals surface area contributed by atoms with E-state index in [9.17, 15) is 8.42 Å². The zero-order valence-electron chi connectivity index (χ0n) is 11.1. The van der Waals surface area contributed by atoms with Gasteiger partial charge in [0.2, 0.25) is 0 Å². The van der Waals surface area contributed by atoms with Gasteiger partial charge in [-0.05, 0) is 31.2 Å². The SMILES string of the molecule is CCC(c1ccc(Br)cc1)N(C)CCS(C)(=O)=O. The van der Waals surface area contributed by atoms with Crippen molar-refractivity contribution in [3.05, 3.63) is 34.3 Å². The molecule has 0 heterocycles. The number of hydrogen-bond acceptors (Lipinski definition) is 3. The molecule has 0 amide bonds. The molecule has 0 radical (unpaired) electrons. The molecule has 0 saturated heterocycles. The lowest BCUT2D eigenvalue weighted by atomic mass is 10.0. The predicted molar refractivity (Wildman–Crippen MR) is 79.5 cm³/mol. The van der Waals surface area contributed by atoms with Gasteiger partial charge in [-0.3, -0.25) is 4.90 Å². The molecule has 0 aliphatic carbocycles. The van der Waals surface area contributed by atoms with Crippen molar-refractivity contribution < 1.29 is 8.42 Å². The van der Waals surface area contributed by atoms with Crippen molar-refractivity contribution in [2.24, 2.45) is 0 Å². The van der Waals surface area contributed by atoms with Crippen molar-refractivity contribution in [2.45, 2.75) is 19.4 Å². The third-order valence-corrected chi connectivity index (χ3v) is 4.44. The molecule has 5 heteroatoms. The summed E-state index contributed by atoms with van der Waals surface area (Å²) in [6.07, 6.45) is 2.24. The Morgan fingerprint density at radius 2 is 1.83 bits per heavy atom. The number of benzene rings is 1. The molecule has 18 heavy (non-hydrogen) atoms. The molecule has 0 fully saturated rings. The first-order valence-corrected chi connectivity index (χ1v) is 8.82. The Hall–Kier alpha value is -0.390. The molecule has 0 aliphatic heterocycles. The molecule has 1 rings (SSSR count). The minimum Gasteiger partial charge on any atom is -0.298 e. The molecule has 1 atom stereocenters. The molecule has 0 N–H and O–H groups in total. The number of halogens is 1. The average molecular weight is 334 g/mol. The second kappa shape index (κ2) is 6.68. The van der Waals surface area contributed by atoms with E-state index in [0.29, 0.717) is 6.54 Å². The smallest absolute Gasteiger partial charge is 0.148 e. The summed E-state index contributed by atoms with van der Waals surface area (Å²) in [4.78, 5) is 2.10. The molecule has 0 spiro atoms. The second-order valence-corrected chi connectivity index (χ2v) is 7.76. The topological polar surface area (TPSA) is 37.4 Å². The summed E-state index contributed by atoms with van der Waals surface area (Å²) in [6, 6.07) is 8.45. The molecule has 1 aromatic carbocycles. The monoisotopic (exact) mass is 333 g/mol. The Morgan fingerprint density at radius 1 is 1.28 bits per heavy atom. The van der Waals surface area contributed by atoms with E-state index < -0.39 is 9.84 Å². The summed E-state index contributed by atoms with van der Waals surface area (Å²) < 4.78 is 23.4. The molecular weight excluding hydrogens is 314 g/mol. The van der Waals surface area contributed by atoms with Crippen molar-refractivity contribution in [1.29, 1.82) is 0 Å². The Morgan fingerprint density at radius 3 is 2.28 bits per heavy atom. The minimum atomic E-state index is -2.90. The maximum Gasteiger partial charge on any atom is 0.148 e. The quantitative estimate of drug-likeness (QED) is 0.803. The molecule has 0 saturated carbocycles. The van der Waals surface area contributed by atoms with Crippen LogP contribution in [0.5, 0.6) is 0 Å². The largest absolute Gasteiger partial charge is 0.298 e. The Bertz CT molecular complexity index is 470. The van der Waals surface area contributed by atoms with Gasteiger partial charge in [0.25, 0.3) is 0 Å². The first-order chi connectivity index (χ1) is 8.33. The molecule has 3 nitrogen and oxygen atoms in total. The van der Waals surface area contributed by atoms with Crippen molar-refractivity contribution in [3.8, 4) is 0 Å². The highest BCUT2D eigenvalue weighted by Crippen LogP contribution is 2.24. The Balaban J connectivity index is 2.74. The van der Waals surface area contributed by atoms with E-state index in [2.05, 4.69) is 39.9 Å². The minimum absolute atomic E-state index is 0.205. The zero-order valence-corrected chi connectivity index (χ0v) is 13.5. The number of rotatable bonds is 6. The summed E-state index contributed by atoms with van der Waals surface area (Å²) in [5.74, 6) is 0.205. The van der Waals surface area contributed by atoms with Crippen LogP contribution in [0.4, 0.5) is 0 Å². The number of nitrogens with zero attached hydrogens (tertiary/aromatic N) is 1. The van der Waals surface area contributed by atoms with Crippen LogP contribution in [0.1, 0.15) is 24.9 Å². The van der Waals surface area contributed by atoms with Gasteiger partial charge in [0.1, 0.15) is 9.84 Å². The van der Waals surface area contributed by atoms with Gasteiger partial charge in [0.15, 0.2) is 0 Å². The average Bonchev–Trinajstić information content (AvgIpc) is 2.29. The first-order valence-electron chi connectivity index (χ1n) is 5.97. The molecule has 0 aliphatic rings. The van der Waals surface area contributed by atoms with Gasteiger partial charge in [0.05, 0.1) is 5.75 Å². The standard InChI is InChI=1S/C13H20BrNO2S/c1-4-13(11-5-7-12(14)8-6-11)15(2)9-10-18(3,16)17/h5-8,13H,4,9-10H2,1-3H3. The van der Waals surface area contributed by atoms with Crippen LogP contribution in [-0.2, 0) is 9.84 Å². The fourth-order valence-electron chi connectivity index (χ4n) is 1.95.